The van der Waals surface area contributed by atoms with Crippen molar-refractivity contribution in [1.29, 1.82) is 0 Å². The molecule has 3 aliphatic carbocycles. The van der Waals surface area contributed by atoms with Crippen LogP contribution in [0.25, 0.3) is 0 Å². The van der Waals surface area contributed by atoms with Gasteiger partial charge in [0, 0.05) is 18.5 Å². The van der Waals surface area contributed by atoms with Gasteiger partial charge in [0.2, 0.25) is 5.91 Å². The van der Waals surface area contributed by atoms with Gasteiger partial charge in [-0.05, 0) is 71.0 Å². The van der Waals surface area contributed by atoms with E-state index in [4.69, 9.17) is 5.73 Å². The second-order valence-electron chi connectivity index (χ2n) is 13.3. The maximum Gasteiger partial charge on any atom is 0.235 e. The SMILES string of the molecule is CCCCN(c1ccc2c(c1O)C(=O)C1C(=O)[C@]3(O)C(=O)C(C(N)=O)C(=O)[C@@H](N(C)C)[C@@H]3[C@@H](O)[C@@H]1[C@H]2C)C1CCN(C)CC1. The van der Waals surface area contributed by atoms with Gasteiger partial charge in [-0.25, -0.2) is 0 Å². The molecule has 12 heteroatoms. The van der Waals surface area contributed by atoms with Crippen LogP contribution in [0, 0.1) is 23.7 Å². The van der Waals surface area contributed by atoms with E-state index in [-0.39, 0.29) is 17.4 Å². The number of fused-ring (bicyclic) bond motifs is 3. The number of phenolic OH excluding ortho intramolecular Hbond substituents is 1. The highest BCUT2D eigenvalue weighted by atomic mass is 16.3. The molecular weight excluding hydrogens is 568 g/mol. The number of unbranched alkanes of at least 4 members (excludes halogenated alkanes) is 1. The third-order valence-corrected chi connectivity index (χ3v) is 10.7. The van der Waals surface area contributed by atoms with Crippen LogP contribution in [0.4, 0.5) is 5.69 Å². The van der Waals surface area contributed by atoms with Gasteiger partial charge in [0.15, 0.2) is 34.7 Å². The number of aromatic hydroxyl groups is 1. The number of benzene rings is 1. The quantitative estimate of drug-likeness (QED) is 0.307. The zero-order valence-corrected chi connectivity index (χ0v) is 26.0. The summed E-state index contributed by atoms with van der Waals surface area (Å²) >= 11 is 0. The van der Waals surface area contributed by atoms with E-state index < -0.39 is 76.4 Å². The third kappa shape index (κ3) is 4.60. The fourth-order valence-electron chi connectivity index (χ4n) is 8.34. The summed E-state index contributed by atoms with van der Waals surface area (Å²) < 4.78 is 0. The molecule has 1 aromatic rings. The normalized spacial score (nSPS) is 34.5. The summed E-state index contributed by atoms with van der Waals surface area (Å²) in [5.74, 6) is -13.1. The molecule has 12 nitrogen and oxygen atoms in total. The highest BCUT2D eigenvalue weighted by molar-refractivity contribution is 6.32. The predicted molar refractivity (Wildman–Crippen MR) is 160 cm³/mol. The summed E-state index contributed by atoms with van der Waals surface area (Å²) in [7, 11) is 5.01. The molecule has 5 rings (SSSR count). The highest BCUT2D eigenvalue weighted by Gasteiger charge is 2.73. The fourth-order valence-corrected chi connectivity index (χ4v) is 8.34. The molecule has 2 saturated carbocycles. The fraction of sp³-hybridized carbons (Fsp3) is 0.656. The first-order chi connectivity index (χ1) is 20.7. The number of rotatable bonds is 7. The molecule has 240 valence electrons. The molecule has 0 spiro atoms. The lowest BCUT2D eigenvalue weighted by atomic mass is 9.49. The molecule has 3 fully saturated rings. The van der Waals surface area contributed by atoms with Crippen LogP contribution in [0.3, 0.4) is 0 Å². The second kappa shape index (κ2) is 11.6. The number of aliphatic hydroxyl groups excluding tert-OH is 1. The number of aliphatic hydroxyl groups is 2. The Labute approximate surface area is 257 Å². The first-order valence-corrected chi connectivity index (χ1v) is 15.5. The van der Waals surface area contributed by atoms with Gasteiger partial charge in [-0.2, -0.15) is 0 Å². The largest absolute Gasteiger partial charge is 0.505 e. The van der Waals surface area contributed by atoms with E-state index in [9.17, 15) is 39.3 Å². The van der Waals surface area contributed by atoms with Crippen LogP contribution in [0.2, 0.25) is 0 Å². The van der Waals surface area contributed by atoms with Crippen molar-refractivity contribution in [2.45, 2.75) is 69.2 Å². The number of nitrogens with two attached hydrogens (primary N) is 1. The van der Waals surface area contributed by atoms with Gasteiger partial charge in [-0.3, -0.25) is 28.9 Å². The molecule has 4 aliphatic rings. The second-order valence-corrected chi connectivity index (χ2v) is 13.3. The molecule has 5 N–H and O–H groups in total. The average molecular weight is 613 g/mol. The Hall–Kier alpha value is -3.19. The number of anilines is 1. The number of primary amides is 1. The number of likely N-dealkylation sites (tertiary alicyclic amines) is 1. The lowest BCUT2D eigenvalue weighted by molar-refractivity contribution is -0.196. The zero-order valence-electron chi connectivity index (χ0n) is 26.0. The number of amides is 1. The van der Waals surface area contributed by atoms with Crippen LogP contribution in [0.5, 0.6) is 5.75 Å². The number of carbonyl (C=O) groups is 5. The molecule has 1 aromatic carbocycles. The molecule has 1 aliphatic heterocycles. The first-order valence-electron chi connectivity index (χ1n) is 15.5. The van der Waals surface area contributed by atoms with Crippen molar-refractivity contribution < 1.29 is 39.3 Å². The maximum atomic E-state index is 14.3. The van der Waals surface area contributed by atoms with Gasteiger partial charge < -0.3 is 30.9 Å². The number of Topliss-reactive ketones (excluding diaryl/α,β-unsaturated/α-hetero) is 4. The topological polar surface area (TPSA) is 182 Å². The minimum atomic E-state index is -3.01. The Bertz CT molecular complexity index is 1390. The van der Waals surface area contributed by atoms with Gasteiger partial charge in [0.1, 0.15) is 5.75 Å². The number of hydrogen-bond acceptors (Lipinski definition) is 11. The zero-order chi connectivity index (χ0) is 32.4. The summed E-state index contributed by atoms with van der Waals surface area (Å²) in [4.78, 5) is 73.4. The van der Waals surface area contributed by atoms with Gasteiger partial charge in [0.05, 0.1) is 35.2 Å². The number of hydrogen-bond donors (Lipinski definition) is 4. The lowest BCUT2D eigenvalue weighted by Crippen LogP contribution is -2.77. The van der Waals surface area contributed by atoms with Crippen molar-refractivity contribution in [2.24, 2.45) is 29.4 Å². The molecule has 0 aromatic heterocycles. The number of nitrogens with zero attached hydrogens (tertiary/aromatic N) is 3. The minimum Gasteiger partial charge on any atom is -0.505 e. The van der Waals surface area contributed by atoms with Crippen molar-refractivity contribution in [1.82, 2.24) is 9.80 Å². The molecule has 44 heavy (non-hydrogen) atoms. The molecular formula is C32H44N4O8. The molecule has 1 amide bonds. The third-order valence-electron chi connectivity index (χ3n) is 10.7. The van der Waals surface area contributed by atoms with Crippen LogP contribution in [-0.4, -0.2) is 119 Å². The summed E-state index contributed by atoms with van der Waals surface area (Å²) in [6.45, 7) is 6.24. The molecule has 1 heterocycles. The molecule has 8 atom stereocenters. The van der Waals surface area contributed by atoms with E-state index in [1.807, 2.05) is 0 Å². The number of piperidine rings is 1. The van der Waals surface area contributed by atoms with Crippen molar-refractivity contribution in [2.75, 3.05) is 45.7 Å². The molecule has 0 radical (unpaired) electrons. The van der Waals surface area contributed by atoms with E-state index in [2.05, 4.69) is 23.8 Å². The highest BCUT2D eigenvalue weighted by Crippen LogP contribution is 2.55. The van der Waals surface area contributed by atoms with Crippen molar-refractivity contribution >= 4 is 34.7 Å². The van der Waals surface area contributed by atoms with Crippen LogP contribution in [-0.2, 0) is 19.2 Å². The van der Waals surface area contributed by atoms with Crippen LogP contribution < -0.4 is 10.6 Å². The number of ketones is 4. The predicted octanol–water partition coefficient (Wildman–Crippen LogP) is 0.0995. The number of carbonyl (C=O) groups excluding carboxylic acids is 5. The van der Waals surface area contributed by atoms with Crippen LogP contribution in [0.1, 0.15) is 61.4 Å². The smallest absolute Gasteiger partial charge is 0.235 e. The number of likely N-dealkylation sites (N-methyl/N-ethyl adjacent to an activating group) is 1. The van der Waals surface area contributed by atoms with Gasteiger partial charge >= 0.3 is 0 Å². The maximum absolute atomic E-state index is 14.3. The average Bonchev–Trinajstić information content (AvgIpc) is 2.96. The van der Waals surface area contributed by atoms with E-state index >= 15 is 0 Å². The molecule has 0 bridgehead atoms. The first kappa shape index (κ1) is 32.2. The Morgan fingerprint density at radius 2 is 1.75 bits per heavy atom. The standard InChI is InChI=1S/C32H44N4O8/c1-6-7-12-36(16-10-13-35(5)14-11-16)18-9-8-17-15(2)19-21(26(38)20(17)25(18)37)29(41)32(44)23(27(19)39)24(34(3)4)28(40)22(30(32)42)31(33)43/h8-9,15-16,19,21-24,27,37,39,44H,6-7,10-14H2,1-5H3,(H2,33,43)/t15-,19+,21?,22?,23+,24-,27-,32-/m0/s1. The molecule has 1 saturated heterocycles. The van der Waals surface area contributed by atoms with Crippen LogP contribution >= 0.6 is 0 Å². The lowest BCUT2D eigenvalue weighted by Gasteiger charge is -2.56. The molecule has 2 unspecified atom stereocenters. The Kier molecular flexibility index (Phi) is 8.51. The van der Waals surface area contributed by atoms with E-state index in [1.165, 1.54) is 19.0 Å². The van der Waals surface area contributed by atoms with E-state index in [0.29, 0.717) is 17.8 Å². The minimum absolute atomic E-state index is 0.0665. The Morgan fingerprint density at radius 3 is 2.32 bits per heavy atom. The van der Waals surface area contributed by atoms with E-state index in [1.54, 1.807) is 19.1 Å². The van der Waals surface area contributed by atoms with Gasteiger partial charge in [-0.1, -0.05) is 26.3 Å². The number of phenols is 1. The summed E-state index contributed by atoms with van der Waals surface area (Å²) in [6.07, 6.45) is 1.90. The Morgan fingerprint density at radius 1 is 1.11 bits per heavy atom. The summed E-state index contributed by atoms with van der Waals surface area (Å²) in [5.41, 5.74) is 3.24. The monoisotopic (exact) mass is 612 g/mol. The van der Waals surface area contributed by atoms with Crippen molar-refractivity contribution in [3.8, 4) is 5.75 Å². The summed E-state index contributed by atoms with van der Waals surface area (Å²) in [6, 6.07) is 2.28. The van der Waals surface area contributed by atoms with Gasteiger partial charge in [0.25, 0.3) is 0 Å². The Balaban J connectivity index is 1.62. The van der Waals surface area contributed by atoms with Crippen molar-refractivity contribution in [3.63, 3.8) is 0 Å². The van der Waals surface area contributed by atoms with Crippen LogP contribution in [0.15, 0.2) is 12.1 Å². The van der Waals surface area contributed by atoms with E-state index in [0.717, 1.165) is 38.8 Å². The van der Waals surface area contributed by atoms with Crippen molar-refractivity contribution in [3.05, 3.63) is 23.3 Å². The van der Waals surface area contributed by atoms with Gasteiger partial charge in [-0.15, -0.1) is 0 Å². The summed E-state index contributed by atoms with van der Waals surface area (Å²) in [5, 5.41) is 35.4.